The van der Waals surface area contributed by atoms with Crippen molar-refractivity contribution in [1.82, 2.24) is 44.2 Å². The summed E-state index contributed by atoms with van der Waals surface area (Å²) in [6, 6.07) is 6.11. The molecular formula is C54H109N11O3. The molecule has 5 saturated heterocycles. The number of likely N-dealkylation sites (N-methyl/N-ethyl adjacent to an activating group) is 1. The zero-order valence-corrected chi connectivity index (χ0v) is 47.4. The number of aromatic nitrogens is 1. The van der Waals surface area contributed by atoms with Gasteiger partial charge in [0, 0.05) is 165 Å². The van der Waals surface area contributed by atoms with Gasteiger partial charge in [-0.3, -0.25) is 39.1 Å². The van der Waals surface area contributed by atoms with E-state index < -0.39 is 0 Å². The molecule has 1 aromatic heterocycles. The van der Waals surface area contributed by atoms with E-state index in [0.29, 0.717) is 16.6 Å². The van der Waals surface area contributed by atoms with Crippen molar-refractivity contribution >= 4 is 11.7 Å². The molecule has 14 nitrogen and oxygen atoms in total. The van der Waals surface area contributed by atoms with Gasteiger partial charge in [0.15, 0.2) is 0 Å². The molecule has 1 aromatic rings. The number of carbonyl (C=O) groups is 1. The van der Waals surface area contributed by atoms with Gasteiger partial charge < -0.3 is 25.4 Å². The maximum Gasteiger partial charge on any atom is 0.221 e. The number of carbonyl (C=O) groups excluding carboxylic acids is 1. The van der Waals surface area contributed by atoms with Crippen molar-refractivity contribution in [3.05, 3.63) is 24.4 Å². The summed E-state index contributed by atoms with van der Waals surface area (Å²) < 4.78 is 5.08. The second-order valence-electron chi connectivity index (χ2n) is 24.5. The van der Waals surface area contributed by atoms with Crippen LogP contribution in [0.3, 0.4) is 0 Å². The molecule has 1 amide bonds. The molecule has 1 atom stereocenters. The summed E-state index contributed by atoms with van der Waals surface area (Å²) in [5.41, 5.74) is 6.74. The van der Waals surface area contributed by atoms with Crippen LogP contribution in [0.25, 0.3) is 0 Å². The van der Waals surface area contributed by atoms with E-state index in [2.05, 4.69) is 172 Å². The minimum atomic E-state index is -0.144. The Balaban J connectivity index is 0.000000293. The molecule has 0 saturated carbocycles. The summed E-state index contributed by atoms with van der Waals surface area (Å²) in [7, 11) is 1.77. The Kier molecular flexibility index (Phi) is 27.0. The monoisotopic (exact) mass is 960 g/mol. The molecule has 6 rings (SSSR count). The first-order valence-corrected chi connectivity index (χ1v) is 26.6. The van der Waals surface area contributed by atoms with Gasteiger partial charge in [0.05, 0.1) is 19.1 Å². The van der Waals surface area contributed by atoms with Crippen LogP contribution in [0.1, 0.15) is 124 Å². The molecule has 68 heavy (non-hydrogen) atoms. The first-order valence-electron chi connectivity index (χ1n) is 26.6. The van der Waals surface area contributed by atoms with Crippen LogP contribution in [0.2, 0.25) is 0 Å². The van der Waals surface area contributed by atoms with Gasteiger partial charge in [-0.2, -0.15) is 0 Å². The van der Waals surface area contributed by atoms with Crippen LogP contribution < -0.4 is 10.6 Å². The van der Waals surface area contributed by atoms with Crippen molar-refractivity contribution in [3.8, 4) is 0 Å². The molecule has 5 aliphatic heterocycles. The number of piperidine rings is 1. The molecule has 6 heterocycles. The number of nitrogens with zero attached hydrogens (tertiary/aromatic N) is 10. The summed E-state index contributed by atoms with van der Waals surface area (Å²) in [5.74, 6) is 1.03. The van der Waals surface area contributed by atoms with Crippen molar-refractivity contribution in [3.63, 3.8) is 0 Å². The van der Waals surface area contributed by atoms with Crippen molar-refractivity contribution < 1.29 is 14.6 Å². The lowest BCUT2D eigenvalue weighted by atomic mass is 9.93. The van der Waals surface area contributed by atoms with Crippen LogP contribution in [0.5, 0.6) is 0 Å². The predicted molar refractivity (Wildman–Crippen MR) is 289 cm³/mol. The highest BCUT2D eigenvalue weighted by Gasteiger charge is 2.31. The Labute approximate surface area is 419 Å². The number of amides is 1. The minimum Gasteiger partial charge on any atom is -0.395 e. The maximum atomic E-state index is 11.0. The molecule has 3 N–H and O–H groups in total. The smallest absolute Gasteiger partial charge is 0.221 e. The Hall–Kier alpha value is -1.98. The third-order valence-corrected chi connectivity index (χ3v) is 14.4. The molecule has 0 spiro atoms. The van der Waals surface area contributed by atoms with Crippen LogP contribution in [-0.2, 0) is 9.53 Å². The predicted octanol–water partition coefficient (Wildman–Crippen LogP) is 5.85. The molecule has 0 aliphatic carbocycles. The number of hydrogen-bond acceptors (Lipinski definition) is 13. The van der Waals surface area contributed by atoms with Crippen molar-refractivity contribution in [2.45, 2.75) is 151 Å². The largest absolute Gasteiger partial charge is 0.395 e. The number of methoxy groups -OCH3 is 1. The Morgan fingerprint density at radius 2 is 0.985 bits per heavy atom. The fraction of sp³-hybridized carbons (Fsp3) is 0.889. The van der Waals surface area contributed by atoms with E-state index in [1.807, 2.05) is 12.3 Å². The van der Waals surface area contributed by atoms with Crippen molar-refractivity contribution in [1.29, 1.82) is 0 Å². The molecule has 0 radical (unpaired) electrons. The molecule has 398 valence electrons. The number of rotatable bonds is 8. The van der Waals surface area contributed by atoms with Gasteiger partial charge in [-0.1, -0.05) is 13.0 Å². The average molecular weight is 961 g/mol. The first-order chi connectivity index (χ1) is 31.6. The summed E-state index contributed by atoms with van der Waals surface area (Å²) >= 11 is 0. The van der Waals surface area contributed by atoms with E-state index in [0.717, 1.165) is 104 Å². The molecular weight excluding hydrogens is 851 g/mol. The molecule has 0 bridgehead atoms. The van der Waals surface area contributed by atoms with Crippen LogP contribution in [0, 0.1) is 5.92 Å². The number of hydrogen-bond donors (Lipinski definition) is 2. The van der Waals surface area contributed by atoms with Crippen molar-refractivity contribution in [2.24, 2.45) is 11.7 Å². The molecule has 1 unspecified atom stereocenters. The van der Waals surface area contributed by atoms with Gasteiger partial charge in [0.1, 0.15) is 5.82 Å². The Morgan fingerprint density at radius 3 is 1.32 bits per heavy atom. The summed E-state index contributed by atoms with van der Waals surface area (Å²) in [5, 5.41) is 8.79. The molecule has 5 aliphatic rings. The third kappa shape index (κ3) is 24.0. The fourth-order valence-electron chi connectivity index (χ4n) is 9.35. The van der Waals surface area contributed by atoms with Crippen LogP contribution in [0.4, 0.5) is 5.82 Å². The van der Waals surface area contributed by atoms with Crippen molar-refractivity contribution in [2.75, 3.05) is 163 Å². The molecule has 5 fully saturated rings. The zero-order chi connectivity index (χ0) is 51.3. The average Bonchev–Trinajstić information content (AvgIpc) is 3.28. The van der Waals surface area contributed by atoms with E-state index in [4.69, 9.17) is 15.6 Å². The van der Waals surface area contributed by atoms with E-state index in [-0.39, 0.29) is 29.5 Å². The number of pyridine rings is 1. The second-order valence-corrected chi connectivity index (χ2v) is 24.5. The maximum absolute atomic E-state index is 11.0. The number of primary amides is 1. The lowest BCUT2D eigenvalue weighted by Crippen LogP contribution is -2.53. The summed E-state index contributed by atoms with van der Waals surface area (Å²) in [6.07, 6.45) is 3.91. The van der Waals surface area contributed by atoms with Gasteiger partial charge in [-0.05, 0) is 142 Å². The Bertz CT molecular complexity index is 1450. The van der Waals surface area contributed by atoms with Gasteiger partial charge >= 0.3 is 0 Å². The molecule has 14 heteroatoms. The summed E-state index contributed by atoms with van der Waals surface area (Å²) in [6.45, 7) is 60.9. The standard InChI is InChI=1S/C13H21N3.C11H24N2O.C10H22N2O.C10H20N2O.C10H22N2/c1-13(2,3)16-10-8-15(9-11-16)12-6-4-5-7-14-12;1-11(2,3)13-7-5-12(6-8-13)9-10-14-4;1-10(2,3)12-6-4-11(5-7-12)8-9-13;1-10(2,3)12-6-4-5-8(7-12)9(11)13;1-5-11-6-8-12(9-7-11)10(2,3)4/h4-7H,8-11H2,1-3H3;5-10H2,1-4H3;13H,4-9H2,1-3H3;8H,4-7H2,1-3H3,(H2,11,13);5-9H2,1-4H3. The number of nitrogens with two attached hydrogens (primary N) is 1. The summed E-state index contributed by atoms with van der Waals surface area (Å²) in [4.78, 5) is 37.6. The second kappa shape index (κ2) is 29.5. The highest BCUT2D eigenvalue weighted by atomic mass is 16.5. The molecule has 0 aromatic carbocycles. The first kappa shape index (κ1) is 62.1. The minimum absolute atomic E-state index is 0.0629. The highest BCUT2D eigenvalue weighted by molar-refractivity contribution is 5.77. The topological polar surface area (TPSA) is 115 Å². The van der Waals surface area contributed by atoms with Gasteiger partial charge in [0.25, 0.3) is 0 Å². The number of β-amino-alcohol motifs (C(OH)–C–C–N with tert-alkyl or cyclic N) is 1. The van der Waals surface area contributed by atoms with E-state index in [1.165, 1.54) is 58.9 Å². The highest BCUT2D eigenvalue weighted by Crippen LogP contribution is 2.24. The van der Waals surface area contributed by atoms with Crippen LogP contribution in [0.15, 0.2) is 24.4 Å². The van der Waals surface area contributed by atoms with E-state index in [1.54, 1.807) is 7.11 Å². The number of aliphatic hydroxyl groups excluding tert-OH is 1. The van der Waals surface area contributed by atoms with Crippen LogP contribution >= 0.6 is 0 Å². The fourth-order valence-corrected chi connectivity index (χ4v) is 9.35. The third-order valence-electron chi connectivity index (χ3n) is 14.4. The SMILES string of the molecule is CC(C)(C)N1CCCC(C(N)=O)C1.CC(C)(C)N1CCN(CCO)CC1.CC(C)(C)N1CCN(c2ccccn2)CC1.CCN1CCN(C(C)(C)C)CC1.COCCN1CCN(C(C)(C)C)CC1. The van der Waals surface area contributed by atoms with Gasteiger partial charge in [-0.15, -0.1) is 0 Å². The number of aliphatic hydroxyl groups is 1. The number of piperazine rings is 4. The van der Waals surface area contributed by atoms with Crippen LogP contribution in [-0.4, -0.2) is 241 Å². The quantitative estimate of drug-likeness (QED) is 0.325. The number of ether oxygens (including phenoxy) is 1. The number of anilines is 1. The zero-order valence-electron chi connectivity index (χ0n) is 47.4. The van der Waals surface area contributed by atoms with E-state index in [9.17, 15) is 4.79 Å². The normalized spacial score (nSPS) is 22.1. The lowest BCUT2D eigenvalue weighted by molar-refractivity contribution is -0.124. The van der Waals surface area contributed by atoms with Gasteiger partial charge in [-0.25, -0.2) is 4.98 Å². The van der Waals surface area contributed by atoms with Gasteiger partial charge in [0.2, 0.25) is 5.91 Å². The van der Waals surface area contributed by atoms with E-state index >= 15 is 0 Å². The number of likely N-dealkylation sites (tertiary alicyclic amines) is 1. The Morgan fingerprint density at radius 1 is 0.588 bits per heavy atom. The lowest BCUT2D eigenvalue weighted by Gasteiger charge is -2.42.